The highest BCUT2D eigenvalue weighted by Gasteiger charge is 2.28. The standard InChI is InChI=1S/C42H50O15S3/c43-40(30-16-22-37(23-17-30)58(46,47)55-33-10-4-1-5-11-33)52-28-36(54-42(45)32-20-26-39(27-21-32)60(50,51)57-35-14-8-3-9-15-35)29-53-41(44)31-18-24-38(25-19-31)59(48,49)56-34-12-6-2-7-13-34/h16-27,33-36H,1-15,28-29H2. The van der Waals surface area contributed by atoms with Crippen LogP contribution in [-0.2, 0) is 57.1 Å². The van der Waals surface area contributed by atoms with E-state index in [1.165, 1.54) is 72.8 Å². The molecule has 18 heteroatoms. The fourth-order valence-corrected chi connectivity index (χ4v) is 10.7. The van der Waals surface area contributed by atoms with E-state index in [2.05, 4.69) is 0 Å². The second-order valence-electron chi connectivity index (χ2n) is 15.2. The van der Waals surface area contributed by atoms with Crippen molar-refractivity contribution in [2.75, 3.05) is 13.2 Å². The summed E-state index contributed by atoms with van der Waals surface area (Å²) in [4.78, 5) is 39.0. The molecule has 3 fully saturated rings. The zero-order valence-corrected chi connectivity index (χ0v) is 35.6. The first-order valence-electron chi connectivity index (χ1n) is 20.3. The van der Waals surface area contributed by atoms with Crippen molar-refractivity contribution in [3.8, 4) is 0 Å². The summed E-state index contributed by atoms with van der Waals surface area (Å²) in [5, 5.41) is 0. The Morgan fingerprint density at radius 3 is 0.967 bits per heavy atom. The lowest BCUT2D eigenvalue weighted by Crippen LogP contribution is -2.31. The second-order valence-corrected chi connectivity index (χ2v) is 19.9. The molecule has 3 aliphatic carbocycles. The number of carbonyl (C=O) groups is 3. The maximum absolute atomic E-state index is 13.3. The van der Waals surface area contributed by atoms with Crippen molar-refractivity contribution in [1.29, 1.82) is 0 Å². The molecule has 0 bridgehead atoms. The van der Waals surface area contributed by atoms with Gasteiger partial charge in [-0.3, -0.25) is 12.5 Å². The fourth-order valence-electron chi connectivity index (χ4n) is 7.30. The third-order valence-electron chi connectivity index (χ3n) is 10.7. The van der Waals surface area contributed by atoms with Gasteiger partial charge in [0.05, 0.1) is 49.7 Å². The van der Waals surface area contributed by atoms with Crippen LogP contribution in [0.5, 0.6) is 0 Å². The zero-order chi connectivity index (χ0) is 42.8. The Labute approximate surface area is 351 Å². The zero-order valence-electron chi connectivity index (χ0n) is 33.1. The predicted octanol–water partition coefficient (Wildman–Crippen LogP) is 7.04. The number of rotatable bonds is 17. The second kappa shape index (κ2) is 20.6. The van der Waals surface area contributed by atoms with Gasteiger partial charge in [0.1, 0.15) is 13.2 Å². The molecule has 6 rings (SSSR count). The van der Waals surface area contributed by atoms with E-state index in [1.807, 2.05) is 0 Å². The molecule has 3 aromatic rings. The Morgan fingerprint density at radius 1 is 0.417 bits per heavy atom. The molecule has 0 aliphatic heterocycles. The Hall–Kier alpha value is -4.20. The lowest BCUT2D eigenvalue weighted by Gasteiger charge is -2.21. The first-order valence-corrected chi connectivity index (χ1v) is 24.6. The van der Waals surface area contributed by atoms with E-state index in [1.54, 1.807) is 0 Å². The average molecular weight is 891 g/mol. The monoisotopic (exact) mass is 890 g/mol. The molecule has 15 nitrogen and oxygen atoms in total. The minimum Gasteiger partial charge on any atom is -0.458 e. The van der Waals surface area contributed by atoms with Crippen LogP contribution < -0.4 is 0 Å². The summed E-state index contributed by atoms with van der Waals surface area (Å²) in [5.41, 5.74) is -0.111. The SMILES string of the molecule is O=C(OCC(COC(=O)c1ccc(S(=O)(=O)OC2CCCCC2)cc1)OC(=O)c1ccc(S(=O)(=O)OC2CCCCC2)cc1)c1ccc(S(=O)(=O)OC2CCCCC2)cc1. The normalized spacial score (nSPS) is 17.6. The number of benzene rings is 3. The quantitative estimate of drug-likeness (QED) is 0.0756. The molecule has 0 atom stereocenters. The van der Waals surface area contributed by atoms with Crippen molar-refractivity contribution in [3.63, 3.8) is 0 Å². The molecule has 0 saturated heterocycles. The van der Waals surface area contributed by atoms with E-state index in [0.29, 0.717) is 38.5 Å². The van der Waals surface area contributed by atoms with Crippen molar-refractivity contribution < 1.29 is 66.4 Å². The molecule has 3 saturated carbocycles. The molecule has 0 N–H and O–H groups in total. The highest BCUT2D eigenvalue weighted by molar-refractivity contribution is 7.87. The van der Waals surface area contributed by atoms with Crippen LogP contribution in [0.3, 0.4) is 0 Å². The molecule has 0 aromatic heterocycles. The van der Waals surface area contributed by atoms with E-state index in [4.69, 9.17) is 26.8 Å². The predicted molar refractivity (Wildman–Crippen MR) is 215 cm³/mol. The van der Waals surface area contributed by atoms with Crippen LogP contribution >= 0.6 is 0 Å². The highest BCUT2D eigenvalue weighted by Crippen LogP contribution is 2.28. The van der Waals surface area contributed by atoms with Crippen LogP contribution in [0.1, 0.15) is 127 Å². The van der Waals surface area contributed by atoms with Gasteiger partial charge in [0, 0.05) is 0 Å². The topological polar surface area (TPSA) is 209 Å². The van der Waals surface area contributed by atoms with E-state index in [0.717, 1.165) is 57.8 Å². The Bertz CT molecular complexity index is 2150. The van der Waals surface area contributed by atoms with Gasteiger partial charge in [-0.2, -0.15) is 25.3 Å². The summed E-state index contributed by atoms with van der Waals surface area (Å²) in [6.07, 6.45) is 9.51. The molecule has 0 unspecified atom stereocenters. The van der Waals surface area contributed by atoms with Crippen molar-refractivity contribution in [2.45, 2.75) is 135 Å². The molecule has 0 heterocycles. The number of ether oxygens (including phenoxy) is 3. The van der Waals surface area contributed by atoms with Crippen molar-refractivity contribution in [1.82, 2.24) is 0 Å². The molecular weight excluding hydrogens is 841 g/mol. The van der Waals surface area contributed by atoms with Crippen molar-refractivity contribution >= 4 is 48.3 Å². The van der Waals surface area contributed by atoms with Crippen LogP contribution in [-0.4, -0.2) is 80.8 Å². The summed E-state index contributed by atoms with van der Waals surface area (Å²) >= 11 is 0. The molecular formula is C42H50O15S3. The van der Waals surface area contributed by atoms with Gasteiger partial charge in [-0.1, -0.05) is 57.8 Å². The summed E-state index contributed by atoms with van der Waals surface area (Å²) in [6, 6.07) is 14.7. The largest absolute Gasteiger partial charge is 0.458 e. The van der Waals surface area contributed by atoms with E-state index in [-0.39, 0.29) is 31.4 Å². The smallest absolute Gasteiger partial charge is 0.338 e. The third kappa shape index (κ3) is 12.7. The minimum atomic E-state index is -4.10. The lowest BCUT2D eigenvalue weighted by molar-refractivity contribution is -0.0253. The average Bonchev–Trinajstić information content (AvgIpc) is 3.25. The van der Waals surface area contributed by atoms with Gasteiger partial charge in [-0.25, -0.2) is 14.4 Å². The van der Waals surface area contributed by atoms with Gasteiger partial charge in [0.2, 0.25) is 0 Å². The molecule has 3 aromatic carbocycles. The Balaban J connectivity index is 1.10. The minimum absolute atomic E-state index is 0.0246. The molecule has 60 heavy (non-hydrogen) atoms. The van der Waals surface area contributed by atoms with Crippen molar-refractivity contribution in [2.24, 2.45) is 0 Å². The van der Waals surface area contributed by atoms with Gasteiger partial charge in [0.15, 0.2) is 6.10 Å². The summed E-state index contributed by atoms with van der Waals surface area (Å²) < 4.78 is 110. The third-order valence-corrected chi connectivity index (χ3v) is 14.8. The Morgan fingerprint density at radius 2 is 0.683 bits per heavy atom. The lowest BCUT2D eigenvalue weighted by atomic mass is 9.98. The van der Waals surface area contributed by atoms with Gasteiger partial charge in [0.25, 0.3) is 30.4 Å². The molecule has 0 amide bonds. The maximum atomic E-state index is 13.3. The summed E-state index contributed by atoms with van der Waals surface area (Å²) in [5.74, 6) is -2.76. The summed E-state index contributed by atoms with van der Waals surface area (Å²) in [7, 11) is -12.2. The van der Waals surface area contributed by atoms with Crippen LogP contribution in [0.15, 0.2) is 87.5 Å². The number of carbonyl (C=O) groups excluding carboxylic acids is 3. The van der Waals surface area contributed by atoms with E-state index in [9.17, 15) is 39.6 Å². The first-order chi connectivity index (χ1) is 28.7. The summed E-state index contributed by atoms with van der Waals surface area (Å²) in [6.45, 7) is -1.22. The highest BCUT2D eigenvalue weighted by atomic mass is 32.2. The molecule has 0 spiro atoms. The molecule has 326 valence electrons. The Kier molecular flexibility index (Phi) is 15.5. The van der Waals surface area contributed by atoms with Crippen LogP contribution in [0.4, 0.5) is 0 Å². The van der Waals surface area contributed by atoms with Gasteiger partial charge in [-0.05, 0) is 111 Å². The van der Waals surface area contributed by atoms with Crippen LogP contribution in [0, 0.1) is 0 Å². The first kappa shape index (κ1) is 45.3. The molecule has 3 aliphatic rings. The van der Waals surface area contributed by atoms with Crippen LogP contribution in [0.2, 0.25) is 0 Å². The van der Waals surface area contributed by atoms with Crippen molar-refractivity contribution in [3.05, 3.63) is 89.5 Å². The van der Waals surface area contributed by atoms with Gasteiger partial charge in [-0.15, -0.1) is 0 Å². The number of esters is 3. The maximum Gasteiger partial charge on any atom is 0.338 e. The van der Waals surface area contributed by atoms with Gasteiger partial charge < -0.3 is 14.2 Å². The van der Waals surface area contributed by atoms with Crippen LogP contribution in [0.25, 0.3) is 0 Å². The number of hydrogen-bond donors (Lipinski definition) is 0. The van der Waals surface area contributed by atoms with E-state index >= 15 is 0 Å². The van der Waals surface area contributed by atoms with E-state index < -0.39 is 85.9 Å². The number of hydrogen-bond acceptors (Lipinski definition) is 15. The van der Waals surface area contributed by atoms with Gasteiger partial charge >= 0.3 is 17.9 Å². The molecule has 0 radical (unpaired) electrons. The fraction of sp³-hybridized carbons (Fsp3) is 0.500.